The van der Waals surface area contributed by atoms with Crippen LogP contribution in [0.2, 0.25) is 0 Å². The quantitative estimate of drug-likeness (QED) is 0.235. The summed E-state index contributed by atoms with van der Waals surface area (Å²) < 4.78 is 45.6. The van der Waals surface area contributed by atoms with Crippen molar-refractivity contribution in [2.45, 2.75) is 69.7 Å². The topological polar surface area (TPSA) is 151 Å². The maximum absolute atomic E-state index is 13.1. The van der Waals surface area contributed by atoms with E-state index in [2.05, 4.69) is 30.5 Å². The van der Waals surface area contributed by atoms with Gasteiger partial charge in [0.05, 0.1) is 22.9 Å². The number of benzene rings is 1. The van der Waals surface area contributed by atoms with Gasteiger partial charge >= 0.3 is 6.18 Å². The number of hydrogen-bond acceptors (Lipinski definition) is 9. The second-order valence-corrected chi connectivity index (χ2v) is 12.5. The average molecular weight is 651 g/mol. The lowest BCUT2D eigenvalue weighted by atomic mass is 9.91. The molecule has 3 aromatic heterocycles. The third-order valence-electron chi connectivity index (χ3n) is 8.54. The molecule has 2 aliphatic heterocycles. The largest absolute Gasteiger partial charge is 0.440 e. The number of imide groups is 1. The van der Waals surface area contributed by atoms with E-state index in [9.17, 15) is 32.7 Å². The van der Waals surface area contributed by atoms with E-state index < -0.39 is 29.1 Å². The maximum atomic E-state index is 13.1. The minimum atomic E-state index is -4.71. The van der Waals surface area contributed by atoms with Crippen LogP contribution in [0.25, 0.3) is 11.1 Å². The fourth-order valence-electron chi connectivity index (χ4n) is 6.00. The van der Waals surface area contributed by atoms with E-state index in [1.165, 1.54) is 26.0 Å². The summed E-state index contributed by atoms with van der Waals surface area (Å²) in [4.78, 5) is 51.5. The summed E-state index contributed by atoms with van der Waals surface area (Å²) in [6, 6.07) is 9.99. The lowest BCUT2D eigenvalue weighted by Crippen LogP contribution is -2.39. The first kappa shape index (κ1) is 32.3. The molecule has 2 fully saturated rings. The molecule has 0 aliphatic carbocycles. The molecule has 11 nitrogen and oxygen atoms in total. The molecule has 2 aliphatic rings. The van der Waals surface area contributed by atoms with Gasteiger partial charge in [0.2, 0.25) is 11.8 Å². The molecule has 5 heterocycles. The molecule has 1 aromatic carbocycles. The van der Waals surface area contributed by atoms with Gasteiger partial charge in [-0.05, 0) is 76.0 Å². The number of halogens is 3. The molecule has 3 amide bonds. The number of piperidine rings is 2. The van der Waals surface area contributed by atoms with Crippen molar-refractivity contribution < 1.29 is 37.1 Å². The van der Waals surface area contributed by atoms with Crippen LogP contribution in [-0.2, 0) is 27.9 Å². The van der Waals surface area contributed by atoms with E-state index in [-0.39, 0.29) is 29.3 Å². The Kier molecular flexibility index (Phi) is 8.57. The number of likely N-dealkylation sites (tertiary alicyclic amines) is 1. The van der Waals surface area contributed by atoms with E-state index in [4.69, 9.17) is 4.42 Å². The van der Waals surface area contributed by atoms with Crippen molar-refractivity contribution in [3.8, 4) is 0 Å². The fourth-order valence-corrected chi connectivity index (χ4v) is 6.00. The molecular weight excluding hydrogens is 617 g/mol. The Labute approximate surface area is 267 Å². The summed E-state index contributed by atoms with van der Waals surface area (Å²) in [6.07, 6.45) is -0.681. The number of nitrogens with zero attached hydrogens (tertiary/aromatic N) is 4. The second kappa shape index (κ2) is 12.5. The van der Waals surface area contributed by atoms with Gasteiger partial charge in [0.15, 0.2) is 11.5 Å². The molecule has 1 atom stereocenters. The zero-order valence-electron chi connectivity index (χ0n) is 25.7. The summed E-state index contributed by atoms with van der Waals surface area (Å²) in [7, 11) is 0. The van der Waals surface area contributed by atoms with Crippen LogP contribution < -0.4 is 10.6 Å². The second-order valence-electron chi connectivity index (χ2n) is 12.5. The van der Waals surface area contributed by atoms with Crippen molar-refractivity contribution in [3.63, 3.8) is 0 Å². The number of fused-ring (bicyclic) bond motifs is 1. The van der Waals surface area contributed by atoms with Crippen LogP contribution in [-0.4, -0.2) is 55.8 Å². The average Bonchev–Trinajstić information content (AvgIpc) is 3.44. The molecule has 0 spiro atoms. The van der Waals surface area contributed by atoms with Crippen LogP contribution in [0.1, 0.15) is 90.3 Å². The van der Waals surface area contributed by atoms with Crippen LogP contribution in [0.5, 0.6) is 0 Å². The minimum Gasteiger partial charge on any atom is -0.440 e. The van der Waals surface area contributed by atoms with Gasteiger partial charge in [-0.2, -0.15) is 13.2 Å². The summed E-state index contributed by atoms with van der Waals surface area (Å²) in [5, 5.41) is 15.8. The molecular formula is C33H33F3N6O5. The Morgan fingerprint density at radius 1 is 1.09 bits per heavy atom. The molecule has 0 saturated carbocycles. The zero-order valence-corrected chi connectivity index (χ0v) is 25.7. The van der Waals surface area contributed by atoms with Crippen molar-refractivity contribution in [2.24, 2.45) is 0 Å². The number of aliphatic hydroxyl groups is 1. The summed E-state index contributed by atoms with van der Waals surface area (Å²) in [5.74, 6) is -1.23. The van der Waals surface area contributed by atoms with Crippen molar-refractivity contribution in [1.82, 2.24) is 25.2 Å². The van der Waals surface area contributed by atoms with Gasteiger partial charge in [-0.15, -0.1) is 0 Å². The third-order valence-corrected chi connectivity index (χ3v) is 8.54. The molecule has 1 unspecified atom stereocenters. The van der Waals surface area contributed by atoms with Crippen LogP contribution in [0.3, 0.4) is 0 Å². The SMILES string of the molecule is CC(C)(O)c1cc2nc(C3CCN(Cc4ccc(C5CCC(=O)NC5=O)cn4)CC3)oc2cc1NC(=O)c1cccc(C(F)(F)F)n1. The lowest BCUT2D eigenvalue weighted by Gasteiger charge is -2.30. The number of amides is 3. The predicted octanol–water partition coefficient (Wildman–Crippen LogP) is 5.02. The van der Waals surface area contributed by atoms with Crippen LogP contribution in [0.4, 0.5) is 18.9 Å². The number of rotatable bonds is 7. The maximum Gasteiger partial charge on any atom is 0.433 e. The van der Waals surface area contributed by atoms with Crippen molar-refractivity contribution in [3.05, 3.63) is 82.8 Å². The number of carbonyl (C=O) groups excluding carboxylic acids is 3. The first-order valence-electron chi connectivity index (χ1n) is 15.3. The molecule has 4 aromatic rings. The van der Waals surface area contributed by atoms with E-state index in [1.807, 2.05) is 12.1 Å². The van der Waals surface area contributed by atoms with Crippen molar-refractivity contribution in [2.75, 3.05) is 18.4 Å². The zero-order chi connectivity index (χ0) is 33.5. The number of carbonyl (C=O) groups is 3. The van der Waals surface area contributed by atoms with Gasteiger partial charge in [0.1, 0.15) is 16.9 Å². The Morgan fingerprint density at radius 2 is 1.85 bits per heavy atom. The van der Waals surface area contributed by atoms with E-state index in [1.54, 1.807) is 12.3 Å². The number of alkyl halides is 3. The summed E-state index contributed by atoms with van der Waals surface area (Å²) in [6.45, 7) is 5.22. The van der Waals surface area contributed by atoms with E-state index in [0.717, 1.165) is 49.3 Å². The standard InChI is InChI=1S/C33H33F3N6O5/c1-32(2,46)22-14-25-26(15-24(22)39-30(45)23-4-3-5-27(38-23)33(34,35)36)47-31(40-25)18-10-12-42(13-11-18)17-20-7-6-19(16-37-20)21-8-9-28(43)41-29(21)44/h3-7,14-16,18,21,46H,8-13,17H2,1-2H3,(H,39,45)(H,41,43,44). The molecule has 6 rings (SSSR count). The highest BCUT2D eigenvalue weighted by Crippen LogP contribution is 2.36. The molecule has 14 heteroatoms. The Balaban J connectivity index is 1.12. The van der Waals surface area contributed by atoms with Gasteiger partial charge in [-0.3, -0.25) is 29.6 Å². The molecule has 0 radical (unpaired) electrons. The number of pyridine rings is 2. The van der Waals surface area contributed by atoms with E-state index in [0.29, 0.717) is 41.9 Å². The van der Waals surface area contributed by atoms with Crippen LogP contribution in [0.15, 0.2) is 53.1 Å². The highest BCUT2D eigenvalue weighted by Gasteiger charge is 2.34. The fraction of sp³-hybridized carbons (Fsp3) is 0.394. The highest BCUT2D eigenvalue weighted by atomic mass is 19.4. The van der Waals surface area contributed by atoms with Crippen LogP contribution in [0, 0.1) is 0 Å². The summed E-state index contributed by atoms with van der Waals surface area (Å²) >= 11 is 0. The highest BCUT2D eigenvalue weighted by molar-refractivity contribution is 6.04. The predicted molar refractivity (Wildman–Crippen MR) is 163 cm³/mol. The Hall–Kier alpha value is -4.69. The molecule has 2 saturated heterocycles. The minimum absolute atomic E-state index is 0.0273. The number of nitrogens with one attached hydrogen (secondary N) is 2. The number of oxazole rings is 1. The van der Waals surface area contributed by atoms with Gasteiger partial charge in [-0.25, -0.2) is 9.97 Å². The number of anilines is 1. The molecule has 47 heavy (non-hydrogen) atoms. The summed E-state index contributed by atoms with van der Waals surface area (Å²) in [5.41, 5.74) is -0.0414. The van der Waals surface area contributed by atoms with Crippen molar-refractivity contribution >= 4 is 34.5 Å². The van der Waals surface area contributed by atoms with Gasteiger partial charge in [0, 0.05) is 36.7 Å². The smallest absolute Gasteiger partial charge is 0.433 e. The molecule has 246 valence electrons. The molecule has 3 N–H and O–H groups in total. The lowest BCUT2D eigenvalue weighted by molar-refractivity contribution is -0.141. The Morgan fingerprint density at radius 3 is 2.51 bits per heavy atom. The van der Waals surface area contributed by atoms with Crippen molar-refractivity contribution in [1.29, 1.82) is 0 Å². The Bertz CT molecular complexity index is 1830. The normalized spacial score (nSPS) is 18.4. The number of hydrogen-bond donors (Lipinski definition) is 3. The monoisotopic (exact) mass is 650 g/mol. The van der Waals surface area contributed by atoms with E-state index >= 15 is 0 Å². The third kappa shape index (κ3) is 7.18. The van der Waals surface area contributed by atoms with Gasteiger partial charge in [-0.1, -0.05) is 12.1 Å². The van der Waals surface area contributed by atoms with Gasteiger partial charge in [0.25, 0.3) is 5.91 Å². The number of aromatic nitrogens is 3. The first-order chi connectivity index (χ1) is 22.2. The van der Waals surface area contributed by atoms with Crippen LogP contribution >= 0.6 is 0 Å². The molecule has 0 bridgehead atoms. The first-order valence-corrected chi connectivity index (χ1v) is 15.3. The van der Waals surface area contributed by atoms with Gasteiger partial charge < -0.3 is 14.8 Å².